The number of aliphatic hydroxyl groups is 1. The van der Waals surface area contributed by atoms with Crippen LogP contribution in [0.25, 0.3) is 20.8 Å². The fourth-order valence-corrected chi connectivity index (χ4v) is 7.76. The lowest BCUT2D eigenvalue weighted by Gasteiger charge is -2.35. The van der Waals surface area contributed by atoms with Crippen LogP contribution in [0.15, 0.2) is 42.6 Å². The van der Waals surface area contributed by atoms with Crippen LogP contribution in [0.3, 0.4) is 0 Å². The molecule has 3 aliphatic rings. The van der Waals surface area contributed by atoms with Crippen molar-refractivity contribution in [3.05, 3.63) is 59.5 Å². The van der Waals surface area contributed by atoms with Gasteiger partial charge < -0.3 is 15.7 Å². The molecule has 7 nitrogen and oxygen atoms in total. The maximum absolute atomic E-state index is 9.81. The molecule has 3 atom stereocenters. The van der Waals surface area contributed by atoms with Gasteiger partial charge in [-0.15, -0.1) is 11.3 Å². The molecule has 1 aromatic carbocycles. The summed E-state index contributed by atoms with van der Waals surface area (Å²) < 4.78 is 1.17. The van der Waals surface area contributed by atoms with Crippen molar-refractivity contribution in [2.45, 2.75) is 70.3 Å². The van der Waals surface area contributed by atoms with Crippen LogP contribution in [0, 0.1) is 24.7 Å². The minimum Gasteiger partial charge on any atom is -0.396 e. The number of nitrogens with zero attached hydrogens (tertiary/aromatic N) is 4. The summed E-state index contributed by atoms with van der Waals surface area (Å²) in [6.45, 7) is 5.46. The predicted octanol–water partition coefficient (Wildman–Crippen LogP) is 6.76. The number of hydrogen-bond acceptors (Lipinski definition) is 8. The van der Waals surface area contributed by atoms with Gasteiger partial charge in [-0.3, -0.25) is 4.98 Å². The summed E-state index contributed by atoms with van der Waals surface area (Å²) in [6, 6.07) is 13.2. The van der Waals surface area contributed by atoms with Crippen molar-refractivity contribution in [2.75, 3.05) is 23.8 Å². The van der Waals surface area contributed by atoms with E-state index in [9.17, 15) is 5.11 Å². The van der Waals surface area contributed by atoms with E-state index in [-0.39, 0.29) is 12.6 Å². The molecule has 3 heterocycles. The highest BCUT2D eigenvalue weighted by molar-refractivity contribution is 7.21. The first-order valence-corrected chi connectivity index (χ1v) is 15.7. The highest BCUT2D eigenvalue weighted by atomic mass is 32.1. The summed E-state index contributed by atoms with van der Waals surface area (Å²) in [5.41, 5.74) is 5.53. The molecule has 7 rings (SSSR count). The first-order chi connectivity index (χ1) is 19.6. The maximum atomic E-state index is 9.81. The first kappa shape index (κ1) is 25.8. The molecule has 208 valence electrons. The Hall–Kier alpha value is -3.10. The number of aryl methyl sites for hydroxylation is 1. The largest absolute Gasteiger partial charge is 0.396 e. The molecule has 3 aliphatic carbocycles. The van der Waals surface area contributed by atoms with E-state index < -0.39 is 0 Å². The van der Waals surface area contributed by atoms with E-state index in [1.807, 2.05) is 6.20 Å². The smallest absolute Gasteiger partial charge is 0.224 e. The van der Waals surface area contributed by atoms with Crippen LogP contribution in [-0.2, 0) is 0 Å². The van der Waals surface area contributed by atoms with Crippen LogP contribution in [-0.4, -0.2) is 44.2 Å². The number of pyridine rings is 1. The van der Waals surface area contributed by atoms with Crippen molar-refractivity contribution in [1.29, 1.82) is 0 Å². The van der Waals surface area contributed by atoms with Crippen molar-refractivity contribution in [3.63, 3.8) is 0 Å². The van der Waals surface area contributed by atoms with Crippen LogP contribution in [0.2, 0.25) is 0 Å². The Morgan fingerprint density at radius 1 is 0.950 bits per heavy atom. The molecule has 0 spiro atoms. The second-order valence-corrected chi connectivity index (χ2v) is 13.3. The van der Waals surface area contributed by atoms with Gasteiger partial charge in [-0.1, -0.05) is 37.3 Å². The average Bonchev–Trinajstić information content (AvgIpc) is 3.59. The molecule has 3 fully saturated rings. The fraction of sp³-hybridized carbons (Fsp3) is 0.500. The number of aliphatic hydroxyl groups excluding tert-OH is 1. The summed E-state index contributed by atoms with van der Waals surface area (Å²) >= 11 is 1.71. The number of rotatable bonds is 9. The zero-order chi connectivity index (χ0) is 27.2. The number of anilines is 2. The zero-order valence-corrected chi connectivity index (χ0v) is 24.1. The zero-order valence-electron chi connectivity index (χ0n) is 23.3. The lowest BCUT2D eigenvalue weighted by atomic mass is 9.71. The highest BCUT2D eigenvalue weighted by Gasteiger charge is 2.34. The monoisotopic (exact) mass is 554 g/mol. The Bertz CT molecular complexity index is 1500. The van der Waals surface area contributed by atoms with Gasteiger partial charge in [-0.05, 0) is 80.8 Å². The van der Waals surface area contributed by atoms with Crippen molar-refractivity contribution >= 4 is 33.3 Å². The van der Waals surface area contributed by atoms with E-state index in [1.54, 1.807) is 11.3 Å². The quantitative estimate of drug-likeness (QED) is 0.210. The van der Waals surface area contributed by atoms with Gasteiger partial charge in [0.05, 0.1) is 21.7 Å². The maximum Gasteiger partial charge on any atom is 0.224 e. The van der Waals surface area contributed by atoms with E-state index in [0.717, 1.165) is 52.7 Å². The standard InChI is InChI=1S/C32H38N6OS/c1-18-12-21(17-39)15-25(18)36-30-27(31-37-29-26(40-31)10-11-33-28(29)23-8-9-23)19(2)35-32(38-30)34-16-20-13-24(14-20)22-6-4-3-5-7-22/h3-7,10-11,18,20-21,23-25,39H,8-9,12-17H2,1-2H3,(H2,34,35,36,38). The third-order valence-corrected chi connectivity index (χ3v) is 10.3. The topological polar surface area (TPSA) is 95.9 Å². The van der Waals surface area contributed by atoms with Crippen molar-refractivity contribution < 1.29 is 5.11 Å². The molecule has 0 aliphatic heterocycles. The van der Waals surface area contributed by atoms with Gasteiger partial charge >= 0.3 is 0 Å². The number of thiazole rings is 1. The lowest BCUT2D eigenvalue weighted by molar-refractivity contribution is 0.226. The van der Waals surface area contributed by atoms with Crippen molar-refractivity contribution in [2.24, 2.45) is 17.8 Å². The van der Waals surface area contributed by atoms with Crippen molar-refractivity contribution in [3.8, 4) is 10.6 Å². The summed E-state index contributed by atoms with van der Waals surface area (Å²) in [4.78, 5) is 19.8. The average molecular weight is 555 g/mol. The summed E-state index contributed by atoms with van der Waals surface area (Å²) in [7, 11) is 0. The first-order valence-electron chi connectivity index (χ1n) is 14.9. The van der Waals surface area contributed by atoms with E-state index in [0.29, 0.717) is 35.5 Å². The van der Waals surface area contributed by atoms with Gasteiger partial charge in [-0.25, -0.2) is 9.97 Å². The van der Waals surface area contributed by atoms with Crippen LogP contribution < -0.4 is 10.6 Å². The molecular weight excluding hydrogens is 516 g/mol. The number of fused-ring (bicyclic) bond motifs is 1. The van der Waals surface area contributed by atoms with Gasteiger partial charge in [0.25, 0.3) is 0 Å². The molecule has 0 radical (unpaired) electrons. The van der Waals surface area contributed by atoms with Gasteiger partial charge in [0.2, 0.25) is 5.95 Å². The van der Waals surface area contributed by atoms with Crippen molar-refractivity contribution in [1.82, 2.24) is 19.9 Å². The number of benzene rings is 1. The molecule has 4 aromatic rings. The Kier molecular flexibility index (Phi) is 6.92. The van der Waals surface area contributed by atoms with E-state index in [2.05, 4.69) is 65.9 Å². The molecule has 3 aromatic heterocycles. The molecule has 8 heteroatoms. The van der Waals surface area contributed by atoms with E-state index in [1.165, 1.54) is 35.9 Å². The van der Waals surface area contributed by atoms with Gasteiger partial charge in [-0.2, -0.15) is 4.98 Å². The number of nitrogens with one attached hydrogen (secondary N) is 2. The Morgan fingerprint density at radius 2 is 1.77 bits per heavy atom. The van der Waals surface area contributed by atoms with Gasteiger partial charge in [0.15, 0.2) is 0 Å². The van der Waals surface area contributed by atoms with Crippen LogP contribution >= 0.6 is 11.3 Å². The third kappa shape index (κ3) is 5.07. The van der Waals surface area contributed by atoms with Gasteiger partial charge in [0, 0.05) is 31.3 Å². The normalized spacial score (nSPS) is 26.1. The summed E-state index contributed by atoms with van der Waals surface area (Å²) in [6.07, 6.45) is 8.70. The number of hydrogen-bond donors (Lipinski definition) is 3. The Labute approximate surface area is 239 Å². The minimum atomic E-state index is 0.241. The van der Waals surface area contributed by atoms with E-state index >= 15 is 0 Å². The molecule has 0 bridgehead atoms. The van der Waals surface area contributed by atoms with E-state index in [4.69, 9.17) is 15.0 Å². The lowest BCUT2D eigenvalue weighted by Crippen LogP contribution is -2.29. The molecular formula is C32H38N6OS. The highest BCUT2D eigenvalue weighted by Crippen LogP contribution is 2.45. The molecule has 3 saturated carbocycles. The van der Waals surface area contributed by atoms with Gasteiger partial charge in [0.1, 0.15) is 16.3 Å². The Morgan fingerprint density at radius 3 is 2.52 bits per heavy atom. The molecule has 3 N–H and O–H groups in total. The van der Waals surface area contributed by atoms with Crippen LogP contribution in [0.5, 0.6) is 0 Å². The third-order valence-electron chi connectivity index (χ3n) is 9.22. The molecule has 0 amide bonds. The molecule has 40 heavy (non-hydrogen) atoms. The second kappa shape index (κ2) is 10.7. The molecule has 0 saturated heterocycles. The summed E-state index contributed by atoms with van der Waals surface area (Å²) in [5, 5.41) is 18.1. The minimum absolute atomic E-state index is 0.241. The SMILES string of the molecule is Cc1nc(NCC2CC(c3ccccc3)C2)nc(NC2CC(CO)CC2C)c1-c1nc2c(C3CC3)nccc2s1. The Balaban J connectivity index is 1.16. The number of aromatic nitrogens is 4. The van der Waals surface area contributed by atoms with Crippen LogP contribution in [0.1, 0.15) is 74.2 Å². The predicted molar refractivity (Wildman–Crippen MR) is 162 cm³/mol. The second-order valence-electron chi connectivity index (χ2n) is 12.3. The summed E-state index contributed by atoms with van der Waals surface area (Å²) in [5.74, 6) is 4.15. The fourth-order valence-electron chi connectivity index (χ4n) is 6.69. The van der Waals surface area contributed by atoms with Crippen LogP contribution in [0.4, 0.5) is 11.8 Å². The molecule has 3 unspecified atom stereocenters.